The van der Waals surface area contributed by atoms with E-state index in [9.17, 15) is 13.5 Å². The monoisotopic (exact) mass is 551 g/mol. The first kappa shape index (κ1) is 25.9. The Morgan fingerprint density at radius 1 is 1.17 bits per heavy atom. The zero-order valence-corrected chi connectivity index (χ0v) is 20.8. The summed E-state index contributed by atoms with van der Waals surface area (Å²) in [5.41, 5.74) is -0.226. The standard InChI is InChI=1S/C20H29N3O3S2.HI/c1-3-21-19(23-16-20(2,24)18-11-7-13-27-18)22-12-8-14-28(25,26)15-17-9-5-4-6-10-17;/h4-7,9-11,13,24H,3,8,12,14-16H2,1-2H3,(H2,21,22,23);1H. The smallest absolute Gasteiger partial charge is 0.191 e. The van der Waals surface area contributed by atoms with Crippen LogP contribution in [0.2, 0.25) is 0 Å². The molecule has 1 atom stereocenters. The topological polar surface area (TPSA) is 90.8 Å². The van der Waals surface area contributed by atoms with E-state index in [1.165, 1.54) is 11.3 Å². The second-order valence-corrected chi connectivity index (χ2v) is 9.94. The van der Waals surface area contributed by atoms with Gasteiger partial charge in [0.25, 0.3) is 0 Å². The molecule has 6 nitrogen and oxygen atoms in total. The Morgan fingerprint density at radius 2 is 1.90 bits per heavy atom. The third-order valence-corrected chi connectivity index (χ3v) is 6.90. The lowest BCUT2D eigenvalue weighted by Crippen LogP contribution is -2.39. The molecule has 0 aliphatic carbocycles. The Hall–Kier alpha value is -1.17. The van der Waals surface area contributed by atoms with Crippen LogP contribution in [0.4, 0.5) is 0 Å². The van der Waals surface area contributed by atoms with Gasteiger partial charge in [-0.25, -0.2) is 13.4 Å². The van der Waals surface area contributed by atoms with Gasteiger partial charge in [-0.1, -0.05) is 36.4 Å². The van der Waals surface area contributed by atoms with Crippen molar-refractivity contribution >= 4 is 51.1 Å². The van der Waals surface area contributed by atoms with Crippen molar-refractivity contribution in [3.8, 4) is 0 Å². The highest BCUT2D eigenvalue weighted by molar-refractivity contribution is 14.0. The van der Waals surface area contributed by atoms with Crippen molar-refractivity contribution < 1.29 is 13.5 Å². The van der Waals surface area contributed by atoms with Crippen LogP contribution in [0.5, 0.6) is 0 Å². The van der Waals surface area contributed by atoms with Crippen LogP contribution in [-0.2, 0) is 21.2 Å². The number of nitrogens with zero attached hydrogens (tertiary/aromatic N) is 1. The zero-order chi connectivity index (χ0) is 20.5. The summed E-state index contributed by atoms with van der Waals surface area (Å²) in [7, 11) is -3.15. The van der Waals surface area contributed by atoms with E-state index in [-0.39, 0.29) is 42.0 Å². The molecule has 2 rings (SSSR count). The van der Waals surface area contributed by atoms with E-state index < -0.39 is 15.4 Å². The Bertz CT molecular complexity index is 839. The highest BCUT2D eigenvalue weighted by atomic mass is 127. The minimum atomic E-state index is -3.15. The van der Waals surface area contributed by atoms with Gasteiger partial charge in [-0.3, -0.25) is 0 Å². The Kier molecular flexibility index (Phi) is 11.2. The summed E-state index contributed by atoms with van der Waals surface area (Å²) in [5.74, 6) is 0.743. The van der Waals surface area contributed by atoms with E-state index in [0.29, 0.717) is 25.5 Å². The van der Waals surface area contributed by atoms with Crippen LogP contribution in [-0.4, -0.2) is 44.9 Å². The second kappa shape index (κ2) is 12.5. The summed E-state index contributed by atoms with van der Waals surface area (Å²) >= 11 is 1.49. The van der Waals surface area contributed by atoms with Crippen molar-refractivity contribution in [3.63, 3.8) is 0 Å². The van der Waals surface area contributed by atoms with Crippen molar-refractivity contribution in [2.75, 3.05) is 25.4 Å². The van der Waals surface area contributed by atoms with Gasteiger partial charge in [-0.05, 0) is 37.3 Å². The minimum absolute atomic E-state index is 0. The number of hydrogen-bond acceptors (Lipinski definition) is 5. The molecule has 162 valence electrons. The number of thiophene rings is 1. The molecule has 0 aliphatic rings. The van der Waals surface area contributed by atoms with Crippen LogP contribution in [0, 0.1) is 0 Å². The predicted molar refractivity (Wildman–Crippen MR) is 132 cm³/mol. The number of aliphatic imine (C=N–C) groups is 1. The molecular formula is C20H30IN3O3S2. The Morgan fingerprint density at radius 3 is 2.52 bits per heavy atom. The van der Waals surface area contributed by atoms with E-state index in [1.54, 1.807) is 6.92 Å². The maximum absolute atomic E-state index is 12.3. The lowest BCUT2D eigenvalue weighted by Gasteiger charge is -2.20. The van der Waals surface area contributed by atoms with E-state index in [4.69, 9.17) is 0 Å². The highest BCUT2D eigenvalue weighted by Gasteiger charge is 2.24. The molecule has 1 aromatic heterocycles. The van der Waals surface area contributed by atoms with Crippen LogP contribution in [0.1, 0.15) is 30.7 Å². The van der Waals surface area contributed by atoms with Gasteiger partial charge < -0.3 is 15.7 Å². The molecule has 0 saturated heterocycles. The van der Waals surface area contributed by atoms with Crippen LogP contribution in [0.15, 0.2) is 52.8 Å². The fourth-order valence-electron chi connectivity index (χ4n) is 2.64. The molecule has 2 aromatic rings. The molecule has 29 heavy (non-hydrogen) atoms. The molecule has 0 saturated carbocycles. The summed E-state index contributed by atoms with van der Waals surface area (Å²) in [6.07, 6.45) is 0.487. The first-order valence-electron chi connectivity index (χ1n) is 9.35. The predicted octanol–water partition coefficient (Wildman–Crippen LogP) is 3.13. The van der Waals surface area contributed by atoms with E-state index >= 15 is 0 Å². The van der Waals surface area contributed by atoms with Gasteiger partial charge in [0.05, 0.1) is 18.1 Å². The first-order valence-corrected chi connectivity index (χ1v) is 12.1. The molecule has 0 radical (unpaired) electrons. The van der Waals surface area contributed by atoms with Crippen molar-refractivity contribution in [3.05, 3.63) is 58.3 Å². The van der Waals surface area contributed by atoms with E-state index in [0.717, 1.165) is 10.4 Å². The summed E-state index contributed by atoms with van der Waals surface area (Å²) < 4.78 is 24.5. The number of benzene rings is 1. The average Bonchev–Trinajstić information content (AvgIpc) is 3.19. The van der Waals surface area contributed by atoms with Crippen LogP contribution >= 0.6 is 35.3 Å². The molecular weight excluding hydrogens is 521 g/mol. The summed E-state index contributed by atoms with van der Waals surface area (Å²) in [4.78, 5) is 5.30. The lowest BCUT2D eigenvalue weighted by molar-refractivity contribution is 0.0711. The molecule has 1 aromatic carbocycles. The zero-order valence-electron chi connectivity index (χ0n) is 16.8. The molecule has 0 spiro atoms. The fourth-order valence-corrected chi connectivity index (χ4v) is 4.85. The summed E-state index contributed by atoms with van der Waals surface area (Å²) in [6, 6.07) is 13.0. The number of sulfone groups is 1. The third-order valence-electron chi connectivity index (χ3n) is 4.10. The molecule has 0 aliphatic heterocycles. The van der Waals surface area contributed by atoms with E-state index in [1.807, 2.05) is 54.8 Å². The minimum Gasteiger partial charge on any atom is -0.383 e. The average molecular weight is 552 g/mol. The largest absolute Gasteiger partial charge is 0.383 e. The number of nitrogens with one attached hydrogen (secondary N) is 2. The molecule has 0 fully saturated rings. The van der Waals surface area contributed by atoms with Gasteiger partial charge in [-0.2, -0.15) is 0 Å². The first-order chi connectivity index (χ1) is 13.3. The van der Waals surface area contributed by atoms with Gasteiger partial charge in [-0.15, -0.1) is 35.3 Å². The van der Waals surface area contributed by atoms with Crippen LogP contribution < -0.4 is 10.6 Å². The Balaban J connectivity index is 0.00000420. The number of aliphatic hydroxyl groups is 1. The van der Waals surface area contributed by atoms with Crippen molar-refractivity contribution in [1.82, 2.24) is 10.6 Å². The SMILES string of the molecule is CCNC(=NCC(C)(O)c1cccs1)NCCCS(=O)(=O)Cc1ccccc1.I. The normalized spacial score (nSPS) is 14.0. The van der Waals surface area contributed by atoms with Gasteiger partial charge in [0.1, 0.15) is 5.60 Å². The van der Waals surface area contributed by atoms with Crippen LogP contribution in [0.3, 0.4) is 0 Å². The van der Waals surface area contributed by atoms with Gasteiger partial charge in [0, 0.05) is 18.0 Å². The highest BCUT2D eigenvalue weighted by Crippen LogP contribution is 2.25. The van der Waals surface area contributed by atoms with Gasteiger partial charge in [0.2, 0.25) is 0 Å². The quantitative estimate of drug-likeness (QED) is 0.183. The number of guanidine groups is 1. The molecule has 1 unspecified atom stereocenters. The maximum atomic E-state index is 12.3. The van der Waals surface area contributed by atoms with Crippen molar-refractivity contribution in [2.24, 2.45) is 4.99 Å². The fraction of sp³-hybridized carbons (Fsp3) is 0.450. The van der Waals surface area contributed by atoms with Crippen molar-refractivity contribution in [2.45, 2.75) is 31.6 Å². The molecule has 1 heterocycles. The summed E-state index contributed by atoms with van der Waals surface area (Å²) in [5, 5.41) is 18.8. The van der Waals surface area contributed by atoms with Crippen molar-refractivity contribution in [1.29, 1.82) is 0 Å². The number of hydrogen-bond donors (Lipinski definition) is 3. The molecule has 0 amide bonds. The number of halogens is 1. The van der Waals surface area contributed by atoms with E-state index in [2.05, 4.69) is 15.6 Å². The molecule has 3 N–H and O–H groups in total. The third kappa shape index (κ3) is 9.45. The van der Waals surface area contributed by atoms with Gasteiger partial charge >= 0.3 is 0 Å². The number of rotatable bonds is 10. The Labute approximate surface area is 194 Å². The maximum Gasteiger partial charge on any atom is 0.191 e. The summed E-state index contributed by atoms with van der Waals surface area (Å²) in [6.45, 7) is 5.08. The van der Waals surface area contributed by atoms with Crippen LogP contribution in [0.25, 0.3) is 0 Å². The molecule has 9 heteroatoms. The van der Waals surface area contributed by atoms with Gasteiger partial charge in [0.15, 0.2) is 15.8 Å². The molecule has 0 bridgehead atoms. The lowest BCUT2D eigenvalue weighted by atomic mass is 10.1. The second-order valence-electron chi connectivity index (χ2n) is 6.80.